The Kier molecular flexibility index (Phi) is 6.31. The number of aromatic nitrogens is 2. The van der Waals surface area contributed by atoms with Crippen molar-refractivity contribution in [3.05, 3.63) is 52.8 Å². The Balaban J connectivity index is 1.92. The molecular weight excluding hydrogens is 280 g/mol. The predicted octanol–water partition coefficient (Wildman–Crippen LogP) is 4.77. The van der Waals surface area contributed by atoms with Gasteiger partial charge < -0.3 is 0 Å². The van der Waals surface area contributed by atoms with Crippen molar-refractivity contribution >= 4 is 11.6 Å². The minimum absolute atomic E-state index is 0.580. The molecule has 1 aromatic carbocycles. The summed E-state index contributed by atoms with van der Waals surface area (Å²) in [6.07, 6.45) is 5.48. The van der Waals surface area contributed by atoms with E-state index >= 15 is 0 Å². The second-order valence-electron chi connectivity index (χ2n) is 5.38. The lowest BCUT2D eigenvalue weighted by atomic mass is 10.1. The topological polar surface area (TPSA) is 17.8 Å². The first-order chi connectivity index (χ1) is 10.3. The molecule has 114 valence electrons. The summed E-state index contributed by atoms with van der Waals surface area (Å²) < 4.78 is 2.18. The molecule has 1 aromatic heterocycles. The largest absolute Gasteiger partial charge is 0.269 e. The molecule has 0 aliphatic rings. The van der Waals surface area contributed by atoms with Crippen LogP contribution < -0.4 is 0 Å². The normalized spacial score (nSPS) is 11.0. The van der Waals surface area contributed by atoms with Gasteiger partial charge in [0.05, 0.1) is 11.6 Å². The number of halogens is 1. The van der Waals surface area contributed by atoms with Crippen molar-refractivity contribution in [3.63, 3.8) is 0 Å². The van der Waals surface area contributed by atoms with Gasteiger partial charge in [0, 0.05) is 17.8 Å². The Labute approximate surface area is 133 Å². The minimum atomic E-state index is 0.580. The van der Waals surface area contributed by atoms with E-state index in [1.54, 1.807) is 0 Å². The van der Waals surface area contributed by atoms with Crippen molar-refractivity contribution < 1.29 is 0 Å². The Morgan fingerprint density at radius 1 is 1.05 bits per heavy atom. The Bertz CT molecular complexity index is 546. The van der Waals surface area contributed by atoms with Crippen LogP contribution >= 0.6 is 11.6 Å². The fraction of sp³-hybridized carbons (Fsp3) is 0.500. The fourth-order valence-electron chi connectivity index (χ4n) is 2.84. The van der Waals surface area contributed by atoms with E-state index < -0.39 is 0 Å². The van der Waals surface area contributed by atoms with Gasteiger partial charge in [-0.3, -0.25) is 4.68 Å². The summed E-state index contributed by atoms with van der Waals surface area (Å²) in [7, 11) is 0. The van der Waals surface area contributed by atoms with Crippen LogP contribution in [0.25, 0.3) is 0 Å². The zero-order chi connectivity index (χ0) is 15.1. The minimum Gasteiger partial charge on any atom is -0.269 e. The molecule has 0 bridgehead atoms. The van der Waals surface area contributed by atoms with E-state index in [-0.39, 0.29) is 0 Å². The average Bonchev–Trinajstić information content (AvgIpc) is 2.89. The van der Waals surface area contributed by atoms with Crippen LogP contribution in [0.15, 0.2) is 30.3 Å². The maximum Gasteiger partial charge on any atom is 0.0668 e. The SMILES string of the molecule is CCc1nn(CCCCc2ccccc2)c(CC)c1CCl. The third-order valence-corrected chi connectivity index (χ3v) is 4.25. The maximum absolute atomic E-state index is 6.10. The molecule has 0 unspecified atom stereocenters. The van der Waals surface area contributed by atoms with Crippen LogP contribution in [0.4, 0.5) is 0 Å². The van der Waals surface area contributed by atoms with Gasteiger partial charge >= 0.3 is 0 Å². The van der Waals surface area contributed by atoms with E-state index in [1.165, 1.54) is 28.9 Å². The molecular formula is C18H25ClN2. The monoisotopic (exact) mass is 304 g/mol. The first-order valence-electron chi connectivity index (χ1n) is 7.97. The zero-order valence-corrected chi connectivity index (χ0v) is 13.9. The van der Waals surface area contributed by atoms with Crippen molar-refractivity contribution in [2.24, 2.45) is 0 Å². The smallest absolute Gasteiger partial charge is 0.0668 e. The lowest BCUT2D eigenvalue weighted by Gasteiger charge is -2.07. The standard InChI is InChI=1S/C18H25ClN2/c1-3-17-16(14-19)18(4-2)21(20-17)13-9-8-12-15-10-6-5-7-11-15/h5-7,10-11H,3-4,8-9,12-14H2,1-2H3. The number of aryl methyl sites for hydroxylation is 3. The number of hydrogen-bond donors (Lipinski definition) is 0. The van der Waals surface area contributed by atoms with Gasteiger partial charge in [-0.2, -0.15) is 5.10 Å². The van der Waals surface area contributed by atoms with Gasteiger partial charge in [0.15, 0.2) is 0 Å². The van der Waals surface area contributed by atoms with Gasteiger partial charge in [-0.25, -0.2) is 0 Å². The van der Waals surface area contributed by atoms with Crippen molar-refractivity contribution in [1.29, 1.82) is 0 Å². The molecule has 21 heavy (non-hydrogen) atoms. The maximum atomic E-state index is 6.10. The average molecular weight is 305 g/mol. The summed E-state index contributed by atoms with van der Waals surface area (Å²) in [5, 5.41) is 4.75. The lowest BCUT2D eigenvalue weighted by molar-refractivity contribution is 0.534. The molecule has 0 atom stereocenters. The van der Waals surface area contributed by atoms with Gasteiger partial charge in [-0.1, -0.05) is 44.2 Å². The van der Waals surface area contributed by atoms with E-state index in [9.17, 15) is 0 Å². The molecule has 0 fully saturated rings. The van der Waals surface area contributed by atoms with Gasteiger partial charge in [-0.05, 0) is 37.7 Å². The highest BCUT2D eigenvalue weighted by atomic mass is 35.5. The van der Waals surface area contributed by atoms with E-state index in [4.69, 9.17) is 16.7 Å². The molecule has 0 saturated carbocycles. The molecule has 1 heterocycles. The molecule has 0 amide bonds. The predicted molar refractivity (Wildman–Crippen MR) is 89.9 cm³/mol. The van der Waals surface area contributed by atoms with E-state index in [0.717, 1.165) is 32.2 Å². The van der Waals surface area contributed by atoms with Crippen LogP contribution in [-0.4, -0.2) is 9.78 Å². The first kappa shape index (κ1) is 16.1. The Hall–Kier alpha value is -1.28. The molecule has 0 aliphatic carbocycles. The number of benzene rings is 1. The molecule has 0 radical (unpaired) electrons. The molecule has 2 nitrogen and oxygen atoms in total. The number of alkyl halides is 1. The highest BCUT2D eigenvalue weighted by Gasteiger charge is 2.13. The third kappa shape index (κ3) is 4.10. The van der Waals surface area contributed by atoms with E-state index in [1.807, 2.05) is 0 Å². The first-order valence-corrected chi connectivity index (χ1v) is 8.50. The summed E-state index contributed by atoms with van der Waals surface area (Å²) in [6, 6.07) is 10.7. The highest BCUT2D eigenvalue weighted by molar-refractivity contribution is 6.17. The molecule has 0 aliphatic heterocycles. The second kappa shape index (κ2) is 8.23. The second-order valence-corrected chi connectivity index (χ2v) is 5.65. The summed E-state index contributed by atoms with van der Waals surface area (Å²) in [6.45, 7) is 5.34. The lowest BCUT2D eigenvalue weighted by Crippen LogP contribution is -2.06. The van der Waals surface area contributed by atoms with Gasteiger partial charge in [0.25, 0.3) is 0 Å². The summed E-state index contributed by atoms with van der Waals surface area (Å²) in [5.74, 6) is 0.580. The molecule has 0 spiro atoms. The van der Waals surface area contributed by atoms with Crippen LogP contribution in [0.1, 0.15) is 49.2 Å². The van der Waals surface area contributed by atoms with Crippen LogP contribution in [0, 0.1) is 0 Å². The van der Waals surface area contributed by atoms with Gasteiger partial charge in [0.1, 0.15) is 0 Å². The quantitative estimate of drug-likeness (QED) is 0.507. The van der Waals surface area contributed by atoms with Crippen molar-refractivity contribution in [1.82, 2.24) is 9.78 Å². The fourth-order valence-corrected chi connectivity index (χ4v) is 3.15. The number of hydrogen-bond acceptors (Lipinski definition) is 1. The van der Waals surface area contributed by atoms with Crippen LogP contribution in [0.2, 0.25) is 0 Å². The number of unbranched alkanes of at least 4 members (excludes halogenated alkanes) is 1. The summed E-state index contributed by atoms with van der Waals surface area (Å²) in [4.78, 5) is 0. The molecule has 2 aromatic rings. The molecule has 0 N–H and O–H groups in total. The molecule has 0 saturated heterocycles. The Morgan fingerprint density at radius 3 is 2.43 bits per heavy atom. The van der Waals surface area contributed by atoms with Gasteiger partial charge in [0.2, 0.25) is 0 Å². The number of nitrogens with zero attached hydrogens (tertiary/aromatic N) is 2. The van der Waals surface area contributed by atoms with Crippen molar-refractivity contribution in [3.8, 4) is 0 Å². The van der Waals surface area contributed by atoms with Crippen LogP contribution in [0.5, 0.6) is 0 Å². The third-order valence-electron chi connectivity index (χ3n) is 3.98. The van der Waals surface area contributed by atoms with Crippen molar-refractivity contribution in [2.75, 3.05) is 0 Å². The molecule has 3 heteroatoms. The highest BCUT2D eigenvalue weighted by Crippen LogP contribution is 2.19. The van der Waals surface area contributed by atoms with E-state index in [2.05, 4.69) is 48.9 Å². The molecule has 2 rings (SSSR count). The van der Waals surface area contributed by atoms with Crippen LogP contribution in [-0.2, 0) is 31.7 Å². The Morgan fingerprint density at radius 2 is 1.81 bits per heavy atom. The number of rotatable bonds is 8. The van der Waals surface area contributed by atoms with Crippen molar-refractivity contribution in [2.45, 2.75) is 58.4 Å². The summed E-state index contributed by atoms with van der Waals surface area (Å²) in [5.41, 5.74) is 5.17. The van der Waals surface area contributed by atoms with Gasteiger partial charge in [-0.15, -0.1) is 11.6 Å². The van der Waals surface area contributed by atoms with E-state index in [0.29, 0.717) is 5.88 Å². The summed E-state index contributed by atoms with van der Waals surface area (Å²) >= 11 is 6.10. The van der Waals surface area contributed by atoms with Crippen LogP contribution in [0.3, 0.4) is 0 Å². The zero-order valence-electron chi connectivity index (χ0n) is 13.1.